The molecule has 10 heteroatoms. The molecule has 0 saturated heterocycles. The van der Waals surface area contributed by atoms with E-state index in [4.69, 9.17) is 4.98 Å². The average molecular weight is 592 g/mol. The lowest BCUT2D eigenvalue weighted by Crippen LogP contribution is -2.59. The number of thiazole rings is 1. The van der Waals surface area contributed by atoms with Crippen molar-refractivity contribution in [3.8, 4) is 6.07 Å². The summed E-state index contributed by atoms with van der Waals surface area (Å²) < 4.78 is 0. The Morgan fingerprint density at radius 3 is 2.24 bits per heavy atom. The molecule has 2 heterocycles. The molecular formula is C32H41N5O4S. The lowest BCUT2D eigenvalue weighted by Gasteiger charge is -2.39. The minimum atomic E-state index is -1.69. The van der Waals surface area contributed by atoms with Crippen LogP contribution in [0.4, 0.5) is 5.13 Å². The third-order valence-corrected chi connectivity index (χ3v) is 8.11. The molecule has 1 N–H and O–H groups in total. The molecule has 224 valence electrons. The number of aliphatic hydroxyl groups is 1. The van der Waals surface area contributed by atoms with E-state index < -0.39 is 23.9 Å². The first kappa shape index (κ1) is 32.7. The van der Waals surface area contributed by atoms with Gasteiger partial charge in [-0.3, -0.25) is 14.4 Å². The number of rotatable bonds is 10. The fourth-order valence-corrected chi connectivity index (χ4v) is 5.98. The number of unbranched alkanes of at least 4 members (excludes halogenated alkanes) is 2. The van der Waals surface area contributed by atoms with Crippen LogP contribution in [0.15, 0.2) is 47.1 Å². The Balaban J connectivity index is 2.19. The van der Waals surface area contributed by atoms with Gasteiger partial charge >= 0.3 is 0 Å². The first-order chi connectivity index (χ1) is 19.9. The van der Waals surface area contributed by atoms with Gasteiger partial charge in [-0.1, -0.05) is 77.0 Å². The van der Waals surface area contributed by atoms with E-state index in [9.17, 15) is 24.8 Å². The van der Waals surface area contributed by atoms with Gasteiger partial charge in [0.05, 0.1) is 10.6 Å². The molecule has 1 aliphatic rings. The van der Waals surface area contributed by atoms with Crippen LogP contribution in [0.5, 0.6) is 0 Å². The van der Waals surface area contributed by atoms with Crippen LogP contribution >= 0.6 is 11.3 Å². The van der Waals surface area contributed by atoms with Crippen molar-refractivity contribution >= 4 is 40.3 Å². The van der Waals surface area contributed by atoms with E-state index in [0.717, 1.165) is 61.4 Å². The second-order valence-electron chi connectivity index (χ2n) is 11.4. The summed E-state index contributed by atoms with van der Waals surface area (Å²) in [5.74, 6) is -2.49. The van der Waals surface area contributed by atoms with Gasteiger partial charge in [0.2, 0.25) is 5.91 Å². The van der Waals surface area contributed by atoms with E-state index >= 15 is 0 Å². The lowest BCUT2D eigenvalue weighted by atomic mass is 9.89. The van der Waals surface area contributed by atoms with Gasteiger partial charge in [0, 0.05) is 36.6 Å². The molecule has 0 radical (unpaired) electrons. The molecule has 0 fully saturated rings. The Kier molecular flexibility index (Phi) is 10.8. The van der Waals surface area contributed by atoms with Gasteiger partial charge in [-0.05, 0) is 43.5 Å². The summed E-state index contributed by atoms with van der Waals surface area (Å²) in [7, 11) is 0. The van der Waals surface area contributed by atoms with Crippen molar-refractivity contribution in [1.29, 1.82) is 5.26 Å². The number of nitrogens with zero attached hydrogens (tertiary/aromatic N) is 5. The highest BCUT2D eigenvalue weighted by atomic mass is 32.1. The summed E-state index contributed by atoms with van der Waals surface area (Å²) >= 11 is 1.49. The summed E-state index contributed by atoms with van der Waals surface area (Å²) in [6.07, 6.45) is 4.22. The molecule has 9 nitrogen and oxygen atoms in total. The Labute approximate surface area is 252 Å². The smallest absolute Gasteiger partial charge is 0.286 e. The van der Waals surface area contributed by atoms with Gasteiger partial charge in [0.1, 0.15) is 11.6 Å². The van der Waals surface area contributed by atoms with E-state index in [1.165, 1.54) is 23.5 Å². The number of aromatic nitrogens is 1. The van der Waals surface area contributed by atoms with E-state index in [2.05, 4.69) is 39.5 Å². The number of imide groups is 1. The van der Waals surface area contributed by atoms with Crippen LogP contribution in [0.3, 0.4) is 0 Å². The van der Waals surface area contributed by atoms with Gasteiger partial charge in [-0.2, -0.15) is 10.3 Å². The molecule has 0 spiro atoms. The average Bonchev–Trinajstić information content (AvgIpc) is 3.38. The molecular weight excluding hydrogens is 550 g/mol. The van der Waals surface area contributed by atoms with Crippen LogP contribution in [-0.4, -0.2) is 57.1 Å². The number of benzene rings is 1. The number of carbonyl (C=O) groups is 3. The predicted octanol–water partition coefficient (Wildman–Crippen LogP) is 5.84. The number of anilines is 1. The summed E-state index contributed by atoms with van der Waals surface area (Å²) in [5.41, 5.74) is 0.900. The Morgan fingerprint density at radius 1 is 1.14 bits per heavy atom. The van der Waals surface area contributed by atoms with Crippen molar-refractivity contribution in [2.75, 3.05) is 18.0 Å². The van der Waals surface area contributed by atoms with E-state index in [1.807, 2.05) is 6.07 Å². The Morgan fingerprint density at radius 2 is 1.74 bits per heavy atom. The summed E-state index contributed by atoms with van der Waals surface area (Å²) in [5, 5.41) is 23.7. The second-order valence-corrected chi connectivity index (χ2v) is 12.4. The molecule has 3 amide bonds. The van der Waals surface area contributed by atoms with Crippen LogP contribution in [0.1, 0.15) is 95.1 Å². The molecule has 2 aromatic rings. The maximum Gasteiger partial charge on any atom is 0.286 e. The number of carbonyl (C=O) groups excluding carboxylic acids is 3. The van der Waals surface area contributed by atoms with Gasteiger partial charge in [-0.15, -0.1) is 0 Å². The summed E-state index contributed by atoms with van der Waals surface area (Å²) in [6.45, 7) is 15.0. The predicted molar refractivity (Wildman–Crippen MR) is 165 cm³/mol. The number of aliphatic hydroxyl groups excluding tert-OH is 1. The molecule has 1 aromatic heterocycles. The van der Waals surface area contributed by atoms with Crippen LogP contribution in [0, 0.1) is 11.3 Å². The zero-order chi connectivity index (χ0) is 31.2. The second kappa shape index (κ2) is 13.9. The molecule has 0 saturated carbocycles. The largest absolute Gasteiger partial charge is 0.368 e. The molecule has 1 aliphatic heterocycles. The zero-order valence-corrected chi connectivity index (χ0v) is 26.4. The Bertz CT molecular complexity index is 1410. The SMILES string of the molecule is CCCCN(CCCC)c1nc(C(C)(C)C)c(/C=C2/C(C)=C(C#N)C(=O)N(N(C(C)=O)C(=O)c3ccccc3)C2O)s1. The number of nitriles is 1. The van der Waals surface area contributed by atoms with E-state index in [0.29, 0.717) is 10.0 Å². The molecule has 0 bridgehead atoms. The molecule has 1 atom stereocenters. The van der Waals surface area contributed by atoms with E-state index in [1.54, 1.807) is 31.2 Å². The minimum Gasteiger partial charge on any atom is -0.368 e. The van der Waals surface area contributed by atoms with Gasteiger partial charge < -0.3 is 10.0 Å². The quantitative estimate of drug-likeness (QED) is 0.369. The molecule has 42 heavy (non-hydrogen) atoms. The highest BCUT2D eigenvalue weighted by Crippen LogP contribution is 2.39. The third-order valence-electron chi connectivity index (χ3n) is 7.05. The normalized spacial score (nSPS) is 16.5. The first-order valence-electron chi connectivity index (χ1n) is 14.4. The highest BCUT2D eigenvalue weighted by molar-refractivity contribution is 7.16. The van der Waals surface area contributed by atoms with Crippen molar-refractivity contribution in [1.82, 2.24) is 15.0 Å². The lowest BCUT2D eigenvalue weighted by molar-refractivity contribution is -0.169. The molecule has 1 aromatic carbocycles. The van der Waals surface area contributed by atoms with Crippen molar-refractivity contribution < 1.29 is 19.5 Å². The third kappa shape index (κ3) is 6.97. The summed E-state index contributed by atoms with van der Waals surface area (Å²) in [6, 6.07) is 9.94. The highest BCUT2D eigenvalue weighted by Gasteiger charge is 2.43. The number of hydrazine groups is 1. The van der Waals surface area contributed by atoms with Crippen molar-refractivity contribution in [3.05, 3.63) is 63.2 Å². The zero-order valence-electron chi connectivity index (χ0n) is 25.6. The Hall–Kier alpha value is -3.81. The van der Waals surface area contributed by atoms with E-state index in [-0.39, 0.29) is 27.7 Å². The summed E-state index contributed by atoms with van der Waals surface area (Å²) in [4.78, 5) is 47.8. The maximum absolute atomic E-state index is 13.5. The first-order valence-corrected chi connectivity index (χ1v) is 15.2. The van der Waals surface area contributed by atoms with Crippen molar-refractivity contribution in [3.63, 3.8) is 0 Å². The standard InChI is InChI=1S/C32H41N5O4S/c1-8-10-17-35(18-11-9-2)31-34-27(32(5,6)7)26(42-31)19-24-21(3)25(20-33)30(41)37(29(24)40)36(22(4)38)28(39)23-15-13-12-14-16-23/h12-16,19,29,40H,8-11,17-18H2,1-7H3/b24-19-. The fraction of sp³-hybridized carbons (Fsp3) is 0.469. The minimum absolute atomic E-state index is 0.157. The topological polar surface area (TPSA) is 118 Å². The number of hydrogen-bond donors (Lipinski definition) is 1. The fourth-order valence-electron chi connectivity index (χ4n) is 4.70. The number of hydrogen-bond acceptors (Lipinski definition) is 8. The van der Waals surface area contributed by atoms with Gasteiger partial charge in [-0.25, -0.2) is 9.99 Å². The molecule has 1 unspecified atom stereocenters. The van der Waals surface area contributed by atoms with Crippen molar-refractivity contribution in [2.24, 2.45) is 0 Å². The van der Waals surface area contributed by atoms with Crippen LogP contribution in [0.2, 0.25) is 0 Å². The van der Waals surface area contributed by atoms with Crippen molar-refractivity contribution in [2.45, 2.75) is 85.8 Å². The van der Waals surface area contributed by atoms with Crippen LogP contribution < -0.4 is 4.90 Å². The van der Waals surface area contributed by atoms with Crippen LogP contribution in [-0.2, 0) is 15.0 Å². The number of amides is 3. The monoisotopic (exact) mass is 591 g/mol. The van der Waals surface area contributed by atoms with Gasteiger partial charge in [0.25, 0.3) is 11.8 Å². The van der Waals surface area contributed by atoms with Crippen LogP contribution in [0.25, 0.3) is 6.08 Å². The molecule has 3 rings (SSSR count). The maximum atomic E-state index is 13.5. The molecule has 0 aliphatic carbocycles. The van der Waals surface area contributed by atoms with Gasteiger partial charge in [0.15, 0.2) is 11.4 Å².